The van der Waals surface area contributed by atoms with Crippen molar-refractivity contribution in [3.8, 4) is 0 Å². The van der Waals surface area contributed by atoms with Gasteiger partial charge in [0.05, 0.1) is 12.1 Å². The summed E-state index contributed by atoms with van der Waals surface area (Å²) in [6.07, 6.45) is 1.66. The number of aryl methyl sites for hydroxylation is 1. The molecule has 0 aliphatic rings. The zero-order valence-corrected chi connectivity index (χ0v) is 20.7. The van der Waals surface area contributed by atoms with Gasteiger partial charge < -0.3 is 15.0 Å². The van der Waals surface area contributed by atoms with E-state index in [-0.39, 0.29) is 24.9 Å². The van der Waals surface area contributed by atoms with Gasteiger partial charge in [0.25, 0.3) is 0 Å². The Hall–Kier alpha value is -3.26. The Morgan fingerprint density at radius 1 is 1.12 bits per heavy atom. The number of benzene rings is 2. The van der Waals surface area contributed by atoms with Crippen LogP contribution in [0.4, 0.5) is 0 Å². The predicted molar refractivity (Wildman–Crippen MR) is 132 cm³/mol. The molecule has 0 fully saturated rings. The van der Waals surface area contributed by atoms with Crippen LogP contribution in [0, 0.1) is 0 Å². The number of ether oxygens (including phenoxy) is 1. The van der Waals surface area contributed by atoms with Gasteiger partial charge >= 0.3 is 0 Å². The predicted octanol–water partition coefficient (Wildman–Crippen LogP) is 3.51. The number of carbonyl (C=O) groups excluding carboxylic acids is 2. The normalized spacial score (nSPS) is 12.5. The molecule has 34 heavy (non-hydrogen) atoms. The Balaban J connectivity index is 1.98. The minimum Gasteiger partial charge on any atom is -0.383 e. The lowest BCUT2D eigenvalue weighted by molar-refractivity contribution is -0.142. The Kier molecular flexibility index (Phi) is 8.39. The molecule has 1 unspecified atom stereocenters. The van der Waals surface area contributed by atoms with E-state index in [1.807, 2.05) is 69.3 Å². The summed E-state index contributed by atoms with van der Waals surface area (Å²) in [6.45, 7) is 8.60. The molecule has 1 heterocycles. The molecule has 2 aromatic carbocycles. The summed E-state index contributed by atoms with van der Waals surface area (Å²) in [5.74, 6) is -0.453. The third-order valence-corrected chi connectivity index (χ3v) is 6.17. The Morgan fingerprint density at radius 3 is 2.47 bits per heavy atom. The van der Waals surface area contributed by atoms with E-state index in [0.717, 1.165) is 23.9 Å². The molecule has 182 valence electrons. The van der Waals surface area contributed by atoms with Crippen LogP contribution in [0.3, 0.4) is 0 Å². The minimum absolute atomic E-state index is 0.0295. The molecule has 3 aromatic rings. The second-order valence-corrected chi connectivity index (χ2v) is 9.04. The van der Waals surface area contributed by atoms with Crippen LogP contribution < -0.4 is 5.32 Å². The van der Waals surface area contributed by atoms with Crippen molar-refractivity contribution in [2.24, 2.45) is 0 Å². The number of hydrogen-bond acceptors (Lipinski definition) is 5. The molecular weight excluding hydrogens is 430 g/mol. The van der Waals surface area contributed by atoms with Crippen molar-refractivity contribution in [2.45, 2.75) is 58.7 Å². The van der Waals surface area contributed by atoms with Crippen LogP contribution in [-0.2, 0) is 27.3 Å². The number of nitrogens with one attached hydrogen (secondary N) is 1. The monoisotopic (exact) mass is 465 g/mol. The third kappa shape index (κ3) is 5.99. The first-order chi connectivity index (χ1) is 16.3. The van der Waals surface area contributed by atoms with Crippen LogP contribution >= 0.6 is 0 Å². The van der Waals surface area contributed by atoms with Gasteiger partial charge in [-0.25, -0.2) is 4.68 Å². The van der Waals surface area contributed by atoms with Crippen LogP contribution in [0.5, 0.6) is 0 Å². The zero-order valence-electron chi connectivity index (χ0n) is 20.7. The lowest BCUT2D eigenvalue weighted by atomic mass is 9.97. The van der Waals surface area contributed by atoms with Crippen LogP contribution in [0.15, 0.2) is 48.5 Å². The zero-order chi connectivity index (χ0) is 24.7. The number of para-hydroxylation sites is 1. The van der Waals surface area contributed by atoms with Gasteiger partial charge in [-0.05, 0) is 49.9 Å². The van der Waals surface area contributed by atoms with Gasteiger partial charge in [-0.1, -0.05) is 55.5 Å². The topological polar surface area (TPSA) is 89.4 Å². The van der Waals surface area contributed by atoms with Gasteiger partial charge in [0.2, 0.25) is 11.8 Å². The molecule has 0 aliphatic heterocycles. The molecule has 0 saturated heterocycles. The second kappa shape index (κ2) is 11.2. The van der Waals surface area contributed by atoms with Crippen molar-refractivity contribution in [3.63, 3.8) is 0 Å². The fourth-order valence-electron chi connectivity index (χ4n) is 3.74. The molecule has 0 radical (unpaired) electrons. The largest absolute Gasteiger partial charge is 0.383 e. The highest BCUT2D eigenvalue weighted by Crippen LogP contribution is 2.25. The fourth-order valence-corrected chi connectivity index (χ4v) is 3.74. The lowest BCUT2D eigenvalue weighted by Crippen LogP contribution is -2.51. The average molecular weight is 466 g/mol. The molecule has 8 heteroatoms. The summed E-state index contributed by atoms with van der Waals surface area (Å²) < 4.78 is 6.86. The molecule has 0 spiro atoms. The molecule has 8 nitrogen and oxygen atoms in total. The van der Waals surface area contributed by atoms with E-state index in [1.165, 1.54) is 5.56 Å². The SMILES string of the molecule is CCc1ccc(C(C(=O)NC(C)(C)CC)N(CCOC)C(=O)Cn2nnc3ccccc32)cc1. The summed E-state index contributed by atoms with van der Waals surface area (Å²) in [6, 6.07) is 14.6. The van der Waals surface area contributed by atoms with E-state index >= 15 is 0 Å². The third-order valence-electron chi connectivity index (χ3n) is 6.17. The van der Waals surface area contributed by atoms with Crippen molar-refractivity contribution in [1.82, 2.24) is 25.2 Å². The Morgan fingerprint density at radius 2 is 1.82 bits per heavy atom. The first-order valence-corrected chi connectivity index (χ1v) is 11.8. The van der Waals surface area contributed by atoms with Gasteiger partial charge in [0.1, 0.15) is 18.1 Å². The van der Waals surface area contributed by atoms with Crippen molar-refractivity contribution >= 4 is 22.8 Å². The number of methoxy groups -OCH3 is 1. The molecule has 0 aliphatic carbocycles. The summed E-state index contributed by atoms with van der Waals surface area (Å²) in [5, 5.41) is 11.4. The maximum absolute atomic E-state index is 13.6. The maximum Gasteiger partial charge on any atom is 0.247 e. The first-order valence-electron chi connectivity index (χ1n) is 11.8. The molecule has 1 aromatic heterocycles. The number of amides is 2. The van der Waals surface area contributed by atoms with Gasteiger partial charge in [-0.3, -0.25) is 9.59 Å². The highest BCUT2D eigenvalue weighted by molar-refractivity contribution is 5.89. The van der Waals surface area contributed by atoms with Crippen LogP contribution in [0.2, 0.25) is 0 Å². The van der Waals surface area contributed by atoms with E-state index in [2.05, 4.69) is 22.6 Å². The number of hydrogen-bond donors (Lipinski definition) is 1. The van der Waals surface area contributed by atoms with Crippen molar-refractivity contribution in [3.05, 3.63) is 59.7 Å². The lowest BCUT2D eigenvalue weighted by Gasteiger charge is -2.34. The standard InChI is InChI=1S/C26H35N5O3/c1-6-19-12-14-20(15-13-19)24(25(33)27-26(3,4)7-2)30(16-17-34-5)23(32)18-31-22-11-9-8-10-21(22)28-29-31/h8-15,24H,6-7,16-18H2,1-5H3,(H,27,33). The Bertz CT molecular complexity index is 1110. The first kappa shape index (κ1) is 25.4. The Labute approximate surface area is 201 Å². The van der Waals surface area contributed by atoms with Crippen LogP contribution in [0.25, 0.3) is 11.0 Å². The van der Waals surface area contributed by atoms with Gasteiger partial charge in [0.15, 0.2) is 0 Å². The number of nitrogens with zero attached hydrogens (tertiary/aromatic N) is 4. The average Bonchev–Trinajstić information content (AvgIpc) is 3.24. The van der Waals surface area contributed by atoms with E-state index in [0.29, 0.717) is 12.1 Å². The van der Waals surface area contributed by atoms with E-state index in [1.54, 1.807) is 16.7 Å². The van der Waals surface area contributed by atoms with Crippen LogP contribution in [0.1, 0.15) is 51.3 Å². The smallest absolute Gasteiger partial charge is 0.247 e. The molecule has 0 bridgehead atoms. The van der Waals surface area contributed by atoms with Crippen molar-refractivity contribution in [1.29, 1.82) is 0 Å². The summed E-state index contributed by atoms with van der Waals surface area (Å²) in [4.78, 5) is 28.8. The molecule has 1 atom stereocenters. The number of aromatic nitrogens is 3. The number of fused-ring (bicyclic) bond motifs is 1. The van der Waals surface area contributed by atoms with E-state index < -0.39 is 11.6 Å². The highest BCUT2D eigenvalue weighted by Gasteiger charge is 2.34. The summed E-state index contributed by atoms with van der Waals surface area (Å²) in [5.41, 5.74) is 3.00. The molecule has 1 N–H and O–H groups in total. The summed E-state index contributed by atoms with van der Waals surface area (Å²) >= 11 is 0. The van der Waals surface area contributed by atoms with Gasteiger partial charge in [-0.15, -0.1) is 5.10 Å². The van der Waals surface area contributed by atoms with Gasteiger partial charge in [-0.2, -0.15) is 0 Å². The van der Waals surface area contributed by atoms with E-state index in [9.17, 15) is 9.59 Å². The highest BCUT2D eigenvalue weighted by atomic mass is 16.5. The molecule has 3 rings (SSSR count). The molecule has 0 saturated carbocycles. The van der Waals surface area contributed by atoms with Crippen molar-refractivity contribution in [2.75, 3.05) is 20.3 Å². The van der Waals surface area contributed by atoms with E-state index in [4.69, 9.17) is 4.74 Å². The fraction of sp³-hybridized carbons (Fsp3) is 0.462. The van der Waals surface area contributed by atoms with Crippen molar-refractivity contribution < 1.29 is 14.3 Å². The second-order valence-electron chi connectivity index (χ2n) is 9.04. The maximum atomic E-state index is 13.6. The van der Waals surface area contributed by atoms with Gasteiger partial charge in [0, 0.05) is 19.2 Å². The molecule has 2 amide bonds. The summed E-state index contributed by atoms with van der Waals surface area (Å²) in [7, 11) is 1.58. The number of rotatable bonds is 11. The number of carbonyl (C=O) groups is 2. The quantitative estimate of drug-likeness (QED) is 0.468. The minimum atomic E-state index is -0.797. The molecular formula is C26H35N5O3. The van der Waals surface area contributed by atoms with Crippen LogP contribution in [-0.4, -0.2) is 57.5 Å².